The van der Waals surface area contributed by atoms with E-state index in [1.165, 1.54) is 0 Å². The second kappa shape index (κ2) is 9.36. The first-order valence-electron chi connectivity index (χ1n) is 6.19. The van der Waals surface area contributed by atoms with Crippen LogP contribution < -0.4 is 5.73 Å². The van der Waals surface area contributed by atoms with E-state index < -0.39 is 0 Å². The molecular weight excluding hydrogens is 236 g/mol. The molecular formula is C12H24N2O2S. The average Bonchev–Trinajstić information content (AvgIpc) is 2.30. The van der Waals surface area contributed by atoms with Crippen molar-refractivity contribution in [2.75, 3.05) is 20.2 Å². The predicted molar refractivity (Wildman–Crippen MR) is 73.8 cm³/mol. The van der Waals surface area contributed by atoms with Gasteiger partial charge in [0.05, 0.1) is 10.9 Å². The number of carbonyl (C=O) groups is 1. The number of carbonyl (C=O) groups excluding carboxylic acids is 1. The lowest BCUT2D eigenvalue weighted by Gasteiger charge is -2.22. The molecule has 1 amide bonds. The highest BCUT2D eigenvalue weighted by molar-refractivity contribution is 7.80. The Labute approximate surface area is 109 Å². The van der Waals surface area contributed by atoms with Gasteiger partial charge in [-0.05, 0) is 25.7 Å². The van der Waals surface area contributed by atoms with Crippen molar-refractivity contribution in [2.45, 2.75) is 39.0 Å². The molecule has 3 N–H and O–H groups in total. The van der Waals surface area contributed by atoms with Crippen LogP contribution in [0.1, 0.15) is 39.0 Å². The first-order valence-corrected chi connectivity index (χ1v) is 6.60. The SMILES string of the molecule is CCCC(C(=O)N(C)CCCCCO)C(N)=S. The van der Waals surface area contributed by atoms with E-state index in [1.54, 1.807) is 11.9 Å². The number of nitrogens with zero attached hydrogens (tertiary/aromatic N) is 1. The highest BCUT2D eigenvalue weighted by atomic mass is 32.1. The molecule has 0 rings (SSSR count). The van der Waals surface area contributed by atoms with Gasteiger partial charge in [0.25, 0.3) is 0 Å². The van der Waals surface area contributed by atoms with E-state index in [0.717, 1.165) is 32.1 Å². The molecule has 17 heavy (non-hydrogen) atoms. The Balaban J connectivity index is 4.11. The van der Waals surface area contributed by atoms with Gasteiger partial charge in [0.2, 0.25) is 5.91 Å². The fourth-order valence-electron chi connectivity index (χ4n) is 1.69. The molecule has 0 saturated heterocycles. The molecule has 0 aromatic rings. The fraction of sp³-hybridized carbons (Fsp3) is 0.833. The third-order valence-electron chi connectivity index (χ3n) is 2.75. The first kappa shape index (κ1) is 16.3. The van der Waals surface area contributed by atoms with Crippen LogP contribution in [0.4, 0.5) is 0 Å². The molecule has 0 bridgehead atoms. The molecule has 0 aromatic heterocycles. The van der Waals surface area contributed by atoms with E-state index in [1.807, 2.05) is 6.92 Å². The van der Waals surface area contributed by atoms with Crippen molar-refractivity contribution in [3.05, 3.63) is 0 Å². The molecule has 1 atom stereocenters. The Hall–Kier alpha value is -0.680. The van der Waals surface area contributed by atoms with Crippen LogP contribution in [0, 0.1) is 5.92 Å². The standard InChI is InChI=1S/C12H24N2O2S/c1-3-7-10(11(13)17)12(16)14(2)8-5-4-6-9-15/h10,15H,3-9H2,1-2H3,(H2,13,17). The largest absolute Gasteiger partial charge is 0.396 e. The minimum Gasteiger partial charge on any atom is -0.396 e. The molecule has 1 unspecified atom stereocenters. The van der Waals surface area contributed by atoms with Crippen LogP contribution in [0.15, 0.2) is 0 Å². The summed E-state index contributed by atoms with van der Waals surface area (Å²) in [6.45, 7) is 2.92. The maximum Gasteiger partial charge on any atom is 0.232 e. The third kappa shape index (κ3) is 6.58. The van der Waals surface area contributed by atoms with E-state index in [2.05, 4.69) is 0 Å². The topological polar surface area (TPSA) is 66.6 Å². The molecule has 4 nitrogen and oxygen atoms in total. The van der Waals surface area contributed by atoms with Gasteiger partial charge in [-0.2, -0.15) is 0 Å². The highest BCUT2D eigenvalue weighted by Gasteiger charge is 2.23. The lowest BCUT2D eigenvalue weighted by atomic mass is 10.0. The van der Waals surface area contributed by atoms with E-state index in [9.17, 15) is 4.79 Å². The lowest BCUT2D eigenvalue weighted by Crippen LogP contribution is -2.39. The van der Waals surface area contributed by atoms with Crippen molar-refractivity contribution in [1.29, 1.82) is 0 Å². The van der Waals surface area contributed by atoms with E-state index >= 15 is 0 Å². The molecule has 100 valence electrons. The summed E-state index contributed by atoms with van der Waals surface area (Å²) in [4.78, 5) is 14.0. The molecule has 0 aromatic carbocycles. The van der Waals surface area contributed by atoms with Crippen LogP contribution in [-0.4, -0.2) is 41.1 Å². The van der Waals surface area contributed by atoms with Crippen LogP contribution in [-0.2, 0) is 4.79 Å². The maximum absolute atomic E-state index is 12.0. The van der Waals surface area contributed by atoms with Gasteiger partial charge >= 0.3 is 0 Å². The minimum atomic E-state index is -0.321. The Morgan fingerprint density at radius 1 is 1.41 bits per heavy atom. The van der Waals surface area contributed by atoms with Crippen LogP contribution in [0.5, 0.6) is 0 Å². The second-order valence-corrected chi connectivity index (χ2v) is 4.76. The summed E-state index contributed by atoms with van der Waals surface area (Å²) in [6.07, 6.45) is 4.23. The number of aliphatic hydroxyl groups is 1. The summed E-state index contributed by atoms with van der Waals surface area (Å²) in [7, 11) is 1.78. The molecule has 0 aliphatic carbocycles. The summed E-state index contributed by atoms with van der Waals surface area (Å²) in [5.74, 6) is -0.304. The summed E-state index contributed by atoms with van der Waals surface area (Å²) in [5.41, 5.74) is 5.59. The molecule has 0 spiro atoms. The van der Waals surface area contributed by atoms with Gasteiger partial charge in [-0.1, -0.05) is 25.6 Å². The van der Waals surface area contributed by atoms with E-state index in [4.69, 9.17) is 23.1 Å². The van der Waals surface area contributed by atoms with E-state index in [-0.39, 0.29) is 18.4 Å². The smallest absolute Gasteiger partial charge is 0.232 e. The summed E-state index contributed by atoms with van der Waals surface area (Å²) >= 11 is 4.93. The van der Waals surface area contributed by atoms with Crippen molar-refractivity contribution in [1.82, 2.24) is 4.90 Å². The van der Waals surface area contributed by atoms with Gasteiger partial charge < -0.3 is 15.7 Å². The molecule has 0 aliphatic rings. The number of aliphatic hydroxyl groups excluding tert-OH is 1. The van der Waals surface area contributed by atoms with Gasteiger partial charge in [0.1, 0.15) is 0 Å². The second-order valence-electron chi connectivity index (χ2n) is 4.29. The van der Waals surface area contributed by atoms with Crippen LogP contribution in [0.3, 0.4) is 0 Å². The normalized spacial score (nSPS) is 12.2. The van der Waals surface area contributed by atoms with Crippen molar-refractivity contribution >= 4 is 23.1 Å². The Bertz CT molecular complexity index is 247. The number of thiocarbonyl (C=S) groups is 1. The van der Waals surface area contributed by atoms with Gasteiger partial charge in [0.15, 0.2) is 0 Å². The molecule has 0 radical (unpaired) electrons. The van der Waals surface area contributed by atoms with Crippen LogP contribution in [0.25, 0.3) is 0 Å². The van der Waals surface area contributed by atoms with E-state index in [0.29, 0.717) is 11.5 Å². The first-order chi connectivity index (χ1) is 8.04. The van der Waals surface area contributed by atoms with Gasteiger partial charge in [-0.15, -0.1) is 0 Å². The monoisotopic (exact) mass is 260 g/mol. The summed E-state index contributed by atoms with van der Waals surface area (Å²) in [6, 6.07) is 0. The van der Waals surface area contributed by atoms with Gasteiger partial charge in [0, 0.05) is 20.2 Å². The van der Waals surface area contributed by atoms with Gasteiger partial charge in [-0.3, -0.25) is 4.79 Å². The van der Waals surface area contributed by atoms with Crippen LogP contribution in [0.2, 0.25) is 0 Å². The number of hydrogen-bond acceptors (Lipinski definition) is 3. The molecule has 0 aliphatic heterocycles. The number of hydrogen-bond donors (Lipinski definition) is 2. The van der Waals surface area contributed by atoms with Crippen molar-refractivity contribution in [3.8, 4) is 0 Å². The Morgan fingerprint density at radius 2 is 2.06 bits per heavy atom. The molecule has 0 saturated carbocycles. The van der Waals surface area contributed by atoms with Crippen molar-refractivity contribution in [3.63, 3.8) is 0 Å². The number of amides is 1. The fourth-order valence-corrected chi connectivity index (χ4v) is 1.91. The minimum absolute atomic E-state index is 0.0170. The number of rotatable bonds is 9. The molecule has 0 fully saturated rings. The summed E-state index contributed by atoms with van der Waals surface area (Å²) < 4.78 is 0. The van der Waals surface area contributed by atoms with Crippen LogP contribution >= 0.6 is 12.2 Å². The van der Waals surface area contributed by atoms with Gasteiger partial charge in [-0.25, -0.2) is 0 Å². The third-order valence-corrected chi connectivity index (χ3v) is 3.03. The van der Waals surface area contributed by atoms with Crippen molar-refractivity contribution in [2.24, 2.45) is 11.7 Å². The quantitative estimate of drug-likeness (QED) is 0.484. The lowest BCUT2D eigenvalue weighted by molar-refractivity contribution is -0.132. The number of unbranched alkanes of at least 4 members (excludes halogenated alkanes) is 2. The Morgan fingerprint density at radius 3 is 2.53 bits per heavy atom. The molecule has 5 heteroatoms. The Kier molecular flexibility index (Phi) is 8.99. The zero-order valence-electron chi connectivity index (χ0n) is 10.8. The zero-order valence-corrected chi connectivity index (χ0v) is 11.6. The zero-order chi connectivity index (χ0) is 13.3. The maximum atomic E-state index is 12.0. The predicted octanol–water partition coefficient (Wildman–Crippen LogP) is 1.31. The molecule has 0 heterocycles. The average molecular weight is 260 g/mol. The number of nitrogens with two attached hydrogens (primary N) is 1. The van der Waals surface area contributed by atoms with Crippen molar-refractivity contribution < 1.29 is 9.90 Å². The summed E-state index contributed by atoms with van der Waals surface area (Å²) in [5, 5.41) is 8.66. The highest BCUT2D eigenvalue weighted by Crippen LogP contribution is 2.11.